The van der Waals surface area contributed by atoms with Crippen molar-refractivity contribution in [1.82, 2.24) is 0 Å². The Labute approximate surface area is 157 Å². The van der Waals surface area contributed by atoms with Crippen molar-refractivity contribution < 1.29 is 28.6 Å². The molecule has 0 atom stereocenters. The molecule has 0 fully saturated rings. The zero-order valence-electron chi connectivity index (χ0n) is 15.4. The van der Waals surface area contributed by atoms with Crippen LogP contribution in [0.4, 0.5) is 5.69 Å². The number of methoxy groups -OCH3 is 1. The second kappa shape index (κ2) is 9.38. The maximum Gasteiger partial charge on any atom is 0.338 e. The molecule has 0 aromatic heterocycles. The maximum atomic E-state index is 12.2. The average Bonchev–Trinajstić information content (AvgIpc) is 2.66. The predicted molar refractivity (Wildman–Crippen MR) is 99.5 cm³/mol. The van der Waals surface area contributed by atoms with Gasteiger partial charge in [0.15, 0.2) is 23.9 Å². The van der Waals surface area contributed by atoms with E-state index < -0.39 is 12.6 Å². The number of carbonyl (C=O) groups excluding carboxylic acids is 3. The summed E-state index contributed by atoms with van der Waals surface area (Å²) in [4.78, 5) is 35.4. The molecular formula is C20H21NO6. The van der Waals surface area contributed by atoms with Gasteiger partial charge in [0.25, 0.3) is 0 Å². The van der Waals surface area contributed by atoms with Gasteiger partial charge in [0.05, 0.1) is 19.3 Å². The Morgan fingerprint density at radius 2 is 1.63 bits per heavy atom. The third-order valence-corrected chi connectivity index (χ3v) is 3.56. The number of hydrogen-bond acceptors (Lipinski definition) is 6. The normalized spacial score (nSPS) is 10.0. The molecule has 1 amide bonds. The van der Waals surface area contributed by atoms with Crippen molar-refractivity contribution in [3.05, 3.63) is 53.6 Å². The first-order chi connectivity index (χ1) is 12.9. The van der Waals surface area contributed by atoms with Crippen LogP contribution in [0.1, 0.15) is 34.6 Å². The molecule has 0 bridgehead atoms. The number of rotatable bonds is 8. The van der Waals surface area contributed by atoms with Crippen LogP contribution in [-0.4, -0.2) is 38.0 Å². The van der Waals surface area contributed by atoms with Gasteiger partial charge in [-0.1, -0.05) is 0 Å². The Balaban J connectivity index is 1.99. The van der Waals surface area contributed by atoms with Crippen LogP contribution < -0.4 is 14.8 Å². The highest BCUT2D eigenvalue weighted by atomic mass is 16.5. The summed E-state index contributed by atoms with van der Waals surface area (Å²) in [6.07, 6.45) is 0. The van der Waals surface area contributed by atoms with Gasteiger partial charge in [-0.05, 0) is 49.4 Å². The molecule has 2 aromatic rings. The van der Waals surface area contributed by atoms with Gasteiger partial charge in [-0.3, -0.25) is 9.59 Å². The molecule has 2 aromatic carbocycles. The topological polar surface area (TPSA) is 90.9 Å². The first-order valence-electron chi connectivity index (χ1n) is 8.33. The minimum absolute atomic E-state index is 0.200. The number of carbonyl (C=O) groups is 3. The Bertz CT molecular complexity index is 829. The van der Waals surface area contributed by atoms with Gasteiger partial charge < -0.3 is 19.5 Å². The van der Waals surface area contributed by atoms with Crippen LogP contribution in [-0.2, 0) is 9.53 Å². The zero-order valence-corrected chi connectivity index (χ0v) is 15.4. The molecule has 1 N–H and O–H groups in total. The number of ether oxygens (including phenoxy) is 3. The third kappa shape index (κ3) is 5.57. The van der Waals surface area contributed by atoms with Crippen LogP contribution >= 0.6 is 0 Å². The van der Waals surface area contributed by atoms with E-state index in [2.05, 4.69) is 5.32 Å². The fourth-order valence-electron chi connectivity index (χ4n) is 2.31. The van der Waals surface area contributed by atoms with E-state index in [1.165, 1.54) is 26.2 Å². The van der Waals surface area contributed by atoms with Crippen molar-refractivity contribution in [1.29, 1.82) is 0 Å². The summed E-state index contributed by atoms with van der Waals surface area (Å²) in [6.45, 7) is 3.24. The van der Waals surface area contributed by atoms with Gasteiger partial charge in [0, 0.05) is 18.2 Å². The highest BCUT2D eigenvalue weighted by molar-refractivity contribution is 6.00. The summed E-state index contributed by atoms with van der Waals surface area (Å²) in [5.74, 6) is -0.259. The molecular weight excluding hydrogens is 350 g/mol. The quantitative estimate of drug-likeness (QED) is 0.566. The predicted octanol–water partition coefficient (Wildman–Crippen LogP) is 3.09. The minimum atomic E-state index is -0.637. The Hall–Kier alpha value is -3.35. The van der Waals surface area contributed by atoms with E-state index in [1.54, 1.807) is 30.3 Å². The molecule has 0 aliphatic carbocycles. The van der Waals surface area contributed by atoms with E-state index in [4.69, 9.17) is 14.2 Å². The second-order valence-corrected chi connectivity index (χ2v) is 5.56. The fraction of sp³-hybridized carbons (Fsp3) is 0.250. The number of nitrogens with one attached hydrogen (secondary N) is 1. The molecule has 142 valence electrons. The van der Waals surface area contributed by atoms with Crippen LogP contribution in [0.2, 0.25) is 0 Å². The first-order valence-corrected chi connectivity index (χ1v) is 8.33. The van der Waals surface area contributed by atoms with E-state index in [0.717, 1.165) is 0 Å². The highest BCUT2D eigenvalue weighted by Crippen LogP contribution is 2.28. The van der Waals surface area contributed by atoms with Gasteiger partial charge in [-0.15, -0.1) is 0 Å². The smallest absolute Gasteiger partial charge is 0.338 e. The third-order valence-electron chi connectivity index (χ3n) is 3.56. The minimum Gasteiger partial charge on any atom is -0.493 e. The molecule has 7 heteroatoms. The average molecular weight is 371 g/mol. The lowest BCUT2D eigenvalue weighted by Crippen LogP contribution is -2.14. The SMILES string of the molecule is CCOc1cc(C(=O)OCC(=O)c2ccc(NC(C)=O)cc2)ccc1OC. The Morgan fingerprint density at radius 3 is 2.22 bits per heavy atom. The van der Waals surface area contributed by atoms with Crippen LogP contribution in [0.15, 0.2) is 42.5 Å². The zero-order chi connectivity index (χ0) is 19.8. The van der Waals surface area contributed by atoms with Crippen molar-refractivity contribution in [2.75, 3.05) is 25.6 Å². The molecule has 0 aliphatic heterocycles. The van der Waals surface area contributed by atoms with Crippen molar-refractivity contribution in [2.45, 2.75) is 13.8 Å². The monoisotopic (exact) mass is 371 g/mol. The number of esters is 1. The van der Waals surface area contributed by atoms with Crippen LogP contribution in [0.25, 0.3) is 0 Å². The van der Waals surface area contributed by atoms with Crippen LogP contribution in [0, 0.1) is 0 Å². The number of ketones is 1. The van der Waals surface area contributed by atoms with Crippen molar-refractivity contribution in [3.8, 4) is 11.5 Å². The van der Waals surface area contributed by atoms with E-state index in [0.29, 0.717) is 29.4 Å². The van der Waals surface area contributed by atoms with Gasteiger partial charge in [0.2, 0.25) is 5.91 Å². The van der Waals surface area contributed by atoms with Crippen LogP contribution in [0.5, 0.6) is 11.5 Å². The first kappa shape index (κ1) is 20.0. The van der Waals surface area contributed by atoms with E-state index >= 15 is 0 Å². The molecule has 0 radical (unpaired) electrons. The molecule has 2 rings (SSSR count). The summed E-state index contributed by atoms with van der Waals surface area (Å²) in [7, 11) is 1.51. The summed E-state index contributed by atoms with van der Waals surface area (Å²) >= 11 is 0. The van der Waals surface area contributed by atoms with Gasteiger partial charge in [0.1, 0.15) is 0 Å². The number of amides is 1. The van der Waals surface area contributed by atoms with Crippen molar-refractivity contribution >= 4 is 23.3 Å². The van der Waals surface area contributed by atoms with Gasteiger partial charge in [-0.2, -0.15) is 0 Å². The molecule has 0 saturated carbocycles. The number of anilines is 1. The van der Waals surface area contributed by atoms with Crippen molar-refractivity contribution in [2.24, 2.45) is 0 Å². The van der Waals surface area contributed by atoms with Crippen LogP contribution in [0.3, 0.4) is 0 Å². The van der Waals surface area contributed by atoms with E-state index in [-0.39, 0.29) is 17.3 Å². The summed E-state index contributed by atoms with van der Waals surface area (Å²) in [5, 5.41) is 2.61. The van der Waals surface area contributed by atoms with E-state index in [1.807, 2.05) is 6.92 Å². The lowest BCUT2D eigenvalue weighted by molar-refractivity contribution is -0.114. The standard InChI is InChI=1S/C20H21NO6/c1-4-26-19-11-15(7-10-18(19)25-3)20(24)27-12-17(23)14-5-8-16(9-6-14)21-13(2)22/h5-11H,4,12H2,1-3H3,(H,21,22). The van der Waals surface area contributed by atoms with Gasteiger partial charge >= 0.3 is 5.97 Å². The fourth-order valence-corrected chi connectivity index (χ4v) is 2.31. The summed E-state index contributed by atoms with van der Waals surface area (Å²) in [6, 6.07) is 11.0. The summed E-state index contributed by atoms with van der Waals surface area (Å²) < 4.78 is 15.7. The highest BCUT2D eigenvalue weighted by Gasteiger charge is 2.15. The lowest BCUT2D eigenvalue weighted by Gasteiger charge is -2.11. The maximum absolute atomic E-state index is 12.2. The molecule has 0 unspecified atom stereocenters. The molecule has 0 aliphatic rings. The number of hydrogen-bond donors (Lipinski definition) is 1. The largest absolute Gasteiger partial charge is 0.493 e. The summed E-state index contributed by atoms with van der Waals surface area (Å²) in [5.41, 5.74) is 1.22. The van der Waals surface area contributed by atoms with Gasteiger partial charge in [-0.25, -0.2) is 4.79 Å². The molecule has 0 spiro atoms. The number of Topliss-reactive ketones (excluding diaryl/α,β-unsaturated/α-hetero) is 1. The Kier molecular flexibility index (Phi) is 6.93. The van der Waals surface area contributed by atoms with E-state index in [9.17, 15) is 14.4 Å². The van der Waals surface area contributed by atoms with Crippen molar-refractivity contribution in [3.63, 3.8) is 0 Å². The Morgan fingerprint density at radius 1 is 0.963 bits per heavy atom. The molecule has 27 heavy (non-hydrogen) atoms. The second-order valence-electron chi connectivity index (χ2n) is 5.56. The lowest BCUT2D eigenvalue weighted by atomic mass is 10.1. The molecule has 0 saturated heterocycles. The molecule has 0 heterocycles. The molecule has 7 nitrogen and oxygen atoms in total. The number of benzene rings is 2.